The fourth-order valence-corrected chi connectivity index (χ4v) is 2.42. The van der Waals surface area contributed by atoms with E-state index in [0.717, 1.165) is 6.42 Å². The maximum absolute atomic E-state index is 11.7. The van der Waals surface area contributed by atoms with E-state index in [1.165, 1.54) is 0 Å². The molecule has 0 saturated carbocycles. The summed E-state index contributed by atoms with van der Waals surface area (Å²) in [6.45, 7) is 0.579. The Kier molecular flexibility index (Phi) is 2.83. The van der Waals surface area contributed by atoms with E-state index >= 15 is 0 Å². The van der Waals surface area contributed by atoms with Crippen LogP contribution in [0, 0.1) is 13.0 Å². The van der Waals surface area contributed by atoms with Gasteiger partial charge in [0.05, 0.1) is 26.1 Å². The van der Waals surface area contributed by atoms with E-state index in [9.17, 15) is 4.79 Å². The molecule has 7 heteroatoms. The van der Waals surface area contributed by atoms with Crippen molar-refractivity contribution in [3.05, 3.63) is 35.9 Å². The van der Waals surface area contributed by atoms with Gasteiger partial charge in [0, 0.05) is 5.92 Å². The average molecular weight is 260 g/mol. The number of nitrogens with one attached hydrogen (secondary N) is 1. The standard InChI is InChI=1S/C12H14N5O2/c1-19-5-7-2-3-8(4-7)17-6-14-9-10(17)15-12(13)16-11(9)18/h2-3,6-8H,1,4-5H2,(H3,13,15,16,18). The second-order valence-electron chi connectivity index (χ2n) is 4.59. The van der Waals surface area contributed by atoms with Crippen LogP contribution in [-0.4, -0.2) is 26.1 Å². The minimum atomic E-state index is -0.319. The summed E-state index contributed by atoms with van der Waals surface area (Å²) in [5.41, 5.74) is 6.07. The lowest BCUT2D eigenvalue weighted by Gasteiger charge is -2.13. The lowest BCUT2D eigenvalue weighted by molar-refractivity contribution is 0.203. The average Bonchev–Trinajstić information content (AvgIpc) is 2.95. The van der Waals surface area contributed by atoms with Gasteiger partial charge in [0.1, 0.15) is 0 Å². The smallest absolute Gasteiger partial charge is 0.280 e. The molecule has 2 aromatic rings. The van der Waals surface area contributed by atoms with Crippen molar-refractivity contribution in [2.24, 2.45) is 5.92 Å². The van der Waals surface area contributed by atoms with E-state index in [-0.39, 0.29) is 17.5 Å². The zero-order valence-electron chi connectivity index (χ0n) is 10.2. The van der Waals surface area contributed by atoms with Crippen LogP contribution in [0.3, 0.4) is 0 Å². The molecule has 1 aliphatic carbocycles. The molecule has 3 N–H and O–H groups in total. The van der Waals surface area contributed by atoms with Gasteiger partial charge in [-0.25, -0.2) is 4.98 Å². The lowest BCUT2D eigenvalue weighted by atomic mass is 10.1. The highest BCUT2D eigenvalue weighted by molar-refractivity contribution is 5.70. The molecule has 0 saturated heterocycles. The Bertz CT molecular complexity index is 687. The van der Waals surface area contributed by atoms with Crippen molar-refractivity contribution in [1.29, 1.82) is 0 Å². The van der Waals surface area contributed by atoms with Gasteiger partial charge in [-0.15, -0.1) is 0 Å². The number of fused-ring (bicyclic) bond motifs is 1. The minimum absolute atomic E-state index is 0.0962. The van der Waals surface area contributed by atoms with Crippen LogP contribution in [0.2, 0.25) is 0 Å². The Balaban J connectivity index is 1.99. The summed E-state index contributed by atoms with van der Waals surface area (Å²) in [4.78, 5) is 22.4. The fourth-order valence-electron chi connectivity index (χ4n) is 2.42. The minimum Gasteiger partial charge on any atom is -0.378 e. The van der Waals surface area contributed by atoms with Gasteiger partial charge in [-0.3, -0.25) is 9.78 Å². The molecule has 1 aliphatic rings. The van der Waals surface area contributed by atoms with Crippen LogP contribution in [0.4, 0.5) is 5.95 Å². The van der Waals surface area contributed by atoms with E-state index in [4.69, 9.17) is 10.5 Å². The van der Waals surface area contributed by atoms with Crippen molar-refractivity contribution in [2.75, 3.05) is 12.3 Å². The number of H-pyrrole nitrogens is 1. The second kappa shape index (κ2) is 4.51. The molecular weight excluding hydrogens is 246 g/mol. The number of anilines is 1. The SMILES string of the molecule is [CH2]OCC1C=CC(n2cnc3c(=O)[nH]c(N)nc32)C1. The topological polar surface area (TPSA) is 98.8 Å². The van der Waals surface area contributed by atoms with E-state index < -0.39 is 0 Å². The van der Waals surface area contributed by atoms with E-state index in [1.54, 1.807) is 6.33 Å². The summed E-state index contributed by atoms with van der Waals surface area (Å²) >= 11 is 0. The maximum Gasteiger partial charge on any atom is 0.280 e. The van der Waals surface area contributed by atoms with E-state index in [2.05, 4.69) is 34.2 Å². The molecular formula is C12H14N5O2. The number of hydrogen-bond acceptors (Lipinski definition) is 5. The third kappa shape index (κ3) is 2.01. The summed E-state index contributed by atoms with van der Waals surface area (Å²) < 4.78 is 6.76. The zero-order chi connectivity index (χ0) is 13.4. The number of nitrogen functional groups attached to an aromatic ring is 1. The van der Waals surface area contributed by atoms with Gasteiger partial charge in [-0.1, -0.05) is 12.2 Å². The monoisotopic (exact) mass is 260 g/mol. The zero-order valence-corrected chi connectivity index (χ0v) is 10.2. The highest BCUT2D eigenvalue weighted by Gasteiger charge is 2.22. The van der Waals surface area contributed by atoms with Crippen molar-refractivity contribution in [1.82, 2.24) is 19.5 Å². The summed E-state index contributed by atoms with van der Waals surface area (Å²) in [6.07, 6.45) is 6.63. The van der Waals surface area contributed by atoms with Crippen molar-refractivity contribution >= 4 is 17.1 Å². The third-order valence-corrected chi connectivity index (χ3v) is 3.29. The molecule has 0 aromatic carbocycles. The Morgan fingerprint density at radius 1 is 1.58 bits per heavy atom. The van der Waals surface area contributed by atoms with Crippen molar-refractivity contribution in [2.45, 2.75) is 12.5 Å². The number of ether oxygens (including phenoxy) is 1. The molecule has 2 atom stereocenters. The molecule has 7 nitrogen and oxygen atoms in total. The summed E-state index contributed by atoms with van der Waals surface area (Å²) in [6, 6.07) is 0.110. The Hall–Kier alpha value is -2.15. The van der Waals surface area contributed by atoms with Crippen molar-refractivity contribution < 1.29 is 4.74 Å². The van der Waals surface area contributed by atoms with E-state index in [0.29, 0.717) is 23.7 Å². The number of allylic oxidation sites excluding steroid dienone is 1. The molecule has 2 unspecified atom stereocenters. The van der Waals surface area contributed by atoms with Crippen molar-refractivity contribution in [3.63, 3.8) is 0 Å². The number of rotatable bonds is 3. The number of hydrogen-bond donors (Lipinski definition) is 2. The van der Waals surface area contributed by atoms with Gasteiger partial charge in [-0.2, -0.15) is 4.98 Å². The molecule has 3 rings (SSSR count). The Labute approximate surface area is 109 Å². The van der Waals surface area contributed by atoms with Crippen LogP contribution in [0.25, 0.3) is 11.2 Å². The second-order valence-corrected chi connectivity index (χ2v) is 4.59. The molecule has 0 aliphatic heterocycles. The van der Waals surface area contributed by atoms with Gasteiger partial charge >= 0.3 is 0 Å². The van der Waals surface area contributed by atoms with Gasteiger partial charge in [0.25, 0.3) is 5.56 Å². The van der Waals surface area contributed by atoms with Crippen LogP contribution >= 0.6 is 0 Å². The first-order valence-electron chi connectivity index (χ1n) is 5.96. The fraction of sp³-hybridized carbons (Fsp3) is 0.333. The largest absolute Gasteiger partial charge is 0.378 e. The van der Waals surface area contributed by atoms with Gasteiger partial charge in [0.15, 0.2) is 11.2 Å². The predicted octanol–water partition coefficient (Wildman–Crippen LogP) is 0.627. The van der Waals surface area contributed by atoms with Crippen LogP contribution in [-0.2, 0) is 4.74 Å². The maximum atomic E-state index is 11.7. The number of nitrogens with two attached hydrogens (primary N) is 1. The molecule has 0 bridgehead atoms. The first-order chi connectivity index (χ1) is 9.19. The third-order valence-electron chi connectivity index (χ3n) is 3.29. The number of aromatic amines is 1. The number of nitrogens with zero attached hydrogens (tertiary/aromatic N) is 3. The molecule has 2 heterocycles. The highest BCUT2D eigenvalue weighted by atomic mass is 16.5. The van der Waals surface area contributed by atoms with Gasteiger partial charge in [-0.05, 0) is 6.42 Å². The normalized spacial score (nSPS) is 22.4. The lowest BCUT2D eigenvalue weighted by Crippen LogP contribution is -2.13. The van der Waals surface area contributed by atoms with Crippen LogP contribution in [0.15, 0.2) is 23.3 Å². The summed E-state index contributed by atoms with van der Waals surface area (Å²) in [5, 5.41) is 0. The van der Waals surface area contributed by atoms with Crippen LogP contribution in [0.1, 0.15) is 12.5 Å². The van der Waals surface area contributed by atoms with Gasteiger partial charge in [0.2, 0.25) is 5.95 Å². The molecule has 19 heavy (non-hydrogen) atoms. The summed E-state index contributed by atoms with van der Waals surface area (Å²) in [7, 11) is 3.38. The van der Waals surface area contributed by atoms with Gasteiger partial charge < -0.3 is 15.0 Å². The van der Waals surface area contributed by atoms with Crippen LogP contribution < -0.4 is 11.3 Å². The first kappa shape index (κ1) is 11.9. The number of aromatic nitrogens is 4. The number of imidazole rings is 1. The van der Waals surface area contributed by atoms with Crippen molar-refractivity contribution in [3.8, 4) is 0 Å². The van der Waals surface area contributed by atoms with E-state index in [1.807, 2.05) is 4.57 Å². The predicted molar refractivity (Wildman–Crippen MR) is 70.2 cm³/mol. The Morgan fingerprint density at radius 2 is 2.42 bits per heavy atom. The highest BCUT2D eigenvalue weighted by Crippen LogP contribution is 2.29. The first-order valence-corrected chi connectivity index (χ1v) is 5.96. The quantitative estimate of drug-likeness (QED) is 0.788. The molecule has 0 fully saturated rings. The summed E-state index contributed by atoms with van der Waals surface area (Å²) in [5.74, 6) is 0.415. The van der Waals surface area contributed by atoms with Crippen LogP contribution in [0.5, 0.6) is 0 Å². The molecule has 1 radical (unpaired) electrons. The molecule has 2 aromatic heterocycles. The molecule has 0 spiro atoms. The molecule has 99 valence electrons. The Morgan fingerprint density at radius 3 is 3.21 bits per heavy atom. The molecule has 0 amide bonds.